The number of nitrogens with one attached hydrogen (secondary N) is 1. The van der Waals surface area contributed by atoms with Crippen LogP contribution in [-0.2, 0) is 9.59 Å². The van der Waals surface area contributed by atoms with Crippen LogP contribution in [0.15, 0.2) is 48.5 Å². The lowest BCUT2D eigenvalue weighted by Crippen LogP contribution is -2.23. The Labute approximate surface area is 157 Å². The monoisotopic (exact) mass is 364 g/mol. The van der Waals surface area contributed by atoms with E-state index in [-0.39, 0.29) is 11.8 Å². The number of nitrogens with zero attached hydrogens (tertiary/aromatic N) is 1. The van der Waals surface area contributed by atoms with Crippen LogP contribution in [-0.4, -0.2) is 31.6 Å². The van der Waals surface area contributed by atoms with E-state index in [2.05, 4.69) is 5.32 Å². The van der Waals surface area contributed by atoms with Gasteiger partial charge in [-0.05, 0) is 42.3 Å². The van der Waals surface area contributed by atoms with Crippen molar-refractivity contribution < 1.29 is 19.1 Å². The van der Waals surface area contributed by atoms with Gasteiger partial charge >= 0.3 is 0 Å². The first kappa shape index (κ1) is 17.1. The van der Waals surface area contributed by atoms with E-state index in [0.717, 1.165) is 24.2 Å². The minimum atomic E-state index is -0.231. The van der Waals surface area contributed by atoms with Gasteiger partial charge in [-0.2, -0.15) is 0 Å². The maximum Gasteiger partial charge on any atom is 0.248 e. The maximum atomic E-state index is 12.2. The summed E-state index contributed by atoms with van der Waals surface area (Å²) in [4.78, 5) is 25.7. The van der Waals surface area contributed by atoms with Crippen LogP contribution in [0.2, 0.25) is 0 Å². The molecular weight excluding hydrogens is 344 g/mol. The average molecular weight is 364 g/mol. The van der Waals surface area contributed by atoms with Crippen LogP contribution in [0.3, 0.4) is 0 Å². The molecule has 2 heterocycles. The summed E-state index contributed by atoms with van der Waals surface area (Å²) in [5.41, 5.74) is 2.44. The first-order valence-electron chi connectivity index (χ1n) is 8.98. The molecule has 1 saturated heterocycles. The summed E-state index contributed by atoms with van der Waals surface area (Å²) in [6, 6.07) is 12.9. The van der Waals surface area contributed by atoms with E-state index in [4.69, 9.17) is 9.47 Å². The molecule has 0 radical (unpaired) electrons. The van der Waals surface area contributed by atoms with Gasteiger partial charge in [-0.3, -0.25) is 9.59 Å². The van der Waals surface area contributed by atoms with Crippen molar-refractivity contribution in [3.05, 3.63) is 54.1 Å². The van der Waals surface area contributed by atoms with Crippen molar-refractivity contribution in [3.8, 4) is 11.5 Å². The zero-order valence-electron chi connectivity index (χ0n) is 14.8. The third kappa shape index (κ3) is 3.95. The van der Waals surface area contributed by atoms with Gasteiger partial charge in [-0.25, -0.2) is 0 Å². The summed E-state index contributed by atoms with van der Waals surface area (Å²) in [5.74, 6) is 1.25. The predicted octanol–water partition coefficient (Wildman–Crippen LogP) is 3.24. The molecule has 0 spiro atoms. The van der Waals surface area contributed by atoms with Gasteiger partial charge in [0.2, 0.25) is 11.8 Å². The molecule has 1 N–H and O–H groups in total. The smallest absolute Gasteiger partial charge is 0.248 e. The van der Waals surface area contributed by atoms with E-state index < -0.39 is 0 Å². The summed E-state index contributed by atoms with van der Waals surface area (Å²) in [6.45, 7) is 1.81. The summed E-state index contributed by atoms with van der Waals surface area (Å²) >= 11 is 0. The molecule has 0 bridgehead atoms. The molecule has 2 aromatic rings. The number of ether oxygens (including phenoxy) is 2. The van der Waals surface area contributed by atoms with E-state index >= 15 is 0 Å². The van der Waals surface area contributed by atoms with E-state index in [9.17, 15) is 9.59 Å². The second-order valence-electron chi connectivity index (χ2n) is 6.42. The lowest BCUT2D eigenvalue weighted by Gasteiger charge is -2.18. The number of rotatable bonds is 4. The molecule has 1 fully saturated rings. The van der Waals surface area contributed by atoms with Crippen molar-refractivity contribution in [1.82, 2.24) is 0 Å². The number of benzene rings is 2. The fourth-order valence-corrected chi connectivity index (χ4v) is 3.16. The number of anilines is 2. The highest BCUT2D eigenvalue weighted by atomic mass is 16.6. The molecule has 0 atom stereocenters. The Bertz CT molecular complexity index is 890. The minimum Gasteiger partial charge on any atom is -0.486 e. The van der Waals surface area contributed by atoms with Crippen molar-refractivity contribution in [1.29, 1.82) is 0 Å². The molecule has 6 heteroatoms. The Morgan fingerprint density at radius 1 is 1.04 bits per heavy atom. The normalized spacial score (nSPS) is 16.0. The molecule has 4 rings (SSSR count). The molecule has 27 heavy (non-hydrogen) atoms. The van der Waals surface area contributed by atoms with Crippen molar-refractivity contribution in [2.45, 2.75) is 12.8 Å². The Morgan fingerprint density at radius 3 is 2.56 bits per heavy atom. The summed E-state index contributed by atoms with van der Waals surface area (Å²) in [5, 5.41) is 2.81. The number of carbonyl (C=O) groups is 2. The Morgan fingerprint density at radius 2 is 1.81 bits per heavy atom. The highest BCUT2D eigenvalue weighted by Crippen LogP contribution is 2.32. The summed E-state index contributed by atoms with van der Waals surface area (Å²) < 4.78 is 11.0. The van der Waals surface area contributed by atoms with E-state index in [0.29, 0.717) is 36.8 Å². The fourth-order valence-electron chi connectivity index (χ4n) is 3.16. The lowest BCUT2D eigenvalue weighted by atomic mass is 10.2. The quantitative estimate of drug-likeness (QED) is 0.846. The van der Waals surface area contributed by atoms with Gasteiger partial charge in [0, 0.05) is 36.5 Å². The molecule has 2 aromatic carbocycles. The predicted molar refractivity (Wildman–Crippen MR) is 103 cm³/mol. The molecule has 0 aliphatic carbocycles. The largest absolute Gasteiger partial charge is 0.486 e. The van der Waals surface area contributed by atoms with E-state index in [1.165, 1.54) is 6.08 Å². The third-order valence-corrected chi connectivity index (χ3v) is 4.52. The third-order valence-electron chi connectivity index (χ3n) is 4.52. The first-order chi connectivity index (χ1) is 13.2. The topological polar surface area (TPSA) is 67.9 Å². The Kier molecular flexibility index (Phi) is 4.78. The Balaban J connectivity index is 1.37. The molecule has 2 aliphatic rings. The number of carbonyl (C=O) groups excluding carboxylic acids is 2. The van der Waals surface area contributed by atoms with Crippen LogP contribution in [0.1, 0.15) is 18.4 Å². The molecule has 2 aliphatic heterocycles. The second kappa shape index (κ2) is 7.53. The van der Waals surface area contributed by atoms with Crippen molar-refractivity contribution in [2.24, 2.45) is 0 Å². The minimum absolute atomic E-state index is 0.164. The zero-order chi connectivity index (χ0) is 18.6. The summed E-state index contributed by atoms with van der Waals surface area (Å²) in [7, 11) is 0. The van der Waals surface area contributed by atoms with Gasteiger partial charge in [0.25, 0.3) is 0 Å². The Hall–Kier alpha value is -3.28. The fraction of sp³-hybridized carbons (Fsp3) is 0.238. The van der Waals surface area contributed by atoms with Crippen molar-refractivity contribution >= 4 is 29.3 Å². The van der Waals surface area contributed by atoms with Crippen LogP contribution in [0.25, 0.3) is 6.08 Å². The second-order valence-corrected chi connectivity index (χ2v) is 6.42. The van der Waals surface area contributed by atoms with Crippen LogP contribution in [0, 0.1) is 0 Å². The van der Waals surface area contributed by atoms with E-state index in [1.54, 1.807) is 29.2 Å². The molecule has 0 saturated carbocycles. The van der Waals surface area contributed by atoms with Gasteiger partial charge in [-0.1, -0.05) is 12.1 Å². The number of hydrogen-bond acceptors (Lipinski definition) is 4. The molecular formula is C21H20N2O4. The number of hydrogen-bond donors (Lipinski definition) is 1. The molecule has 138 valence electrons. The average Bonchev–Trinajstić information content (AvgIpc) is 3.12. The van der Waals surface area contributed by atoms with Crippen LogP contribution in [0.4, 0.5) is 11.4 Å². The van der Waals surface area contributed by atoms with Gasteiger partial charge in [0.15, 0.2) is 11.5 Å². The highest BCUT2D eigenvalue weighted by Gasteiger charge is 2.21. The van der Waals surface area contributed by atoms with Crippen LogP contribution < -0.4 is 19.7 Å². The molecule has 0 unspecified atom stereocenters. The molecule has 0 aromatic heterocycles. The van der Waals surface area contributed by atoms with Crippen molar-refractivity contribution in [3.63, 3.8) is 0 Å². The lowest BCUT2D eigenvalue weighted by molar-refractivity contribution is -0.117. The van der Waals surface area contributed by atoms with Crippen LogP contribution >= 0.6 is 0 Å². The SMILES string of the molecule is O=C(/C=C/c1ccc(N2CCCC2=O)cc1)Nc1ccc2c(c1)OCCO2. The van der Waals surface area contributed by atoms with E-state index in [1.807, 2.05) is 24.3 Å². The first-order valence-corrected chi connectivity index (χ1v) is 8.98. The van der Waals surface area contributed by atoms with Gasteiger partial charge in [0.1, 0.15) is 13.2 Å². The maximum absolute atomic E-state index is 12.2. The summed E-state index contributed by atoms with van der Waals surface area (Å²) in [6.07, 6.45) is 4.73. The van der Waals surface area contributed by atoms with Gasteiger partial charge in [0.05, 0.1) is 0 Å². The number of fused-ring (bicyclic) bond motifs is 1. The highest BCUT2D eigenvalue weighted by molar-refractivity contribution is 6.02. The number of amides is 2. The molecule has 6 nitrogen and oxygen atoms in total. The zero-order valence-corrected chi connectivity index (χ0v) is 14.8. The standard InChI is InChI=1S/C21H20N2O4/c24-20(22-16-6-9-18-19(14-16)27-13-12-26-18)10-5-15-3-7-17(8-4-15)23-11-1-2-21(23)25/h3-10,14H,1-2,11-13H2,(H,22,24)/b10-5+. The van der Waals surface area contributed by atoms with Gasteiger partial charge < -0.3 is 19.7 Å². The van der Waals surface area contributed by atoms with Crippen molar-refractivity contribution in [2.75, 3.05) is 30.0 Å². The molecule has 2 amide bonds. The van der Waals surface area contributed by atoms with Gasteiger partial charge in [-0.15, -0.1) is 0 Å². The van der Waals surface area contributed by atoms with Crippen LogP contribution in [0.5, 0.6) is 11.5 Å².